The lowest BCUT2D eigenvalue weighted by Crippen LogP contribution is -2.34. The Morgan fingerprint density at radius 3 is 2.72 bits per heavy atom. The summed E-state index contributed by atoms with van der Waals surface area (Å²) in [5.41, 5.74) is 0. The molecule has 0 aromatic rings. The van der Waals surface area contributed by atoms with E-state index in [-0.39, 0.29) is 18.7 Å². The Labute approximate surface area is 109 Å². The van der Waals surface area contributed by atoms with Crippen LogP contribution in [0.3, 0.4) is 0 Å². The third-order valence-electron chi connectivity index (χ3n) is 2.37. The van der Waals surface area contributed by atoms with Crippen molar-refractivity contribution < 1.29 is 30.0 Å². The summed E-state index contributed by atoms with van der Waals surface area (Å²) in [5.74, 6) is 0.231. The quantitative estimate of drug-likeness (QED) is 0.641. The van der Waals surface area contributed by atoms with E-state index in [0.29, 0.717) is 10.1 Å². The van der Waals surface area contributed by atoms with E-state index in [9.17, 15) is 21.6 Å². The number of carbonyl (C=O) groups is 1. The summed E-state index contributed by atoms with van der Waals surface area (Å²) in [6.07, 6.45) is -0.629. The lowest BCUT2D eigenvalue weighted by atomic mass is 10.3. The van der Waals surface area contributed by atoms with E-state index in [1.807, 2.05) is 0 Å². The van der Waals surface area contributed by atoms with Crippen molar-refractivity contribution in [2.45, 2.75) is 12.5 Å². The zero-order valence-corrected chi connectivity index (χ0v) is 11.6. The van der Waals surface area contributed by atoms with Gasteiger partial charge < -0.3 is 0 Å². The molecule has 1 atom stereocenters. The molecule has 1 amide bonds. The van der Waals surface area contributed by atoms with Crippen molar-refractivity contribution in [3.05, 3.63) is 0 Å². The van der Waals surface area contributed by atoms with Gasteiger partial charge in [-0.3, -0.25) is 13.2 Å². The lowest BCUT2D eigenvalue weighted by molar-refractivity contribution is 0.147. The van der Waals surface area contributed by atoms with Crippen molar-refractivity contribution in [3.63, 3.8) is 0 Å². The van der Waals surface area contributed by atoms with Gasteiger partial charge in [0.05, 0.1) is 12.4 Å². The van der Waals surface area contributed by atoms with Crippen molar-refractivity contribution in [2.75, 3.05) is 24.7 Å². The van der Waals surface area contributed by atoms with E-state index >= 15 is 0 Å². The Balaban J connectivity index is 1.92. The maximum Gasteiger partial charge on any atom is 0.365 e. The molecule has 11 heteroatoms. The predicted molar refractivity (Wildman–Crippen MR) is 62.7 cm³/mol. The normalized spacial score (nSPS) is 27.9. The molecule has 2 saturated heterocycles. The van der Waals surface area contributed by atoms with Crippen LogP contribution in [-0.4, -0.2) is 57.1 Å². The van der Waals surface area contributed by atoms with Crippen molar-refractivity contribution >= 4 is 37.4 Å². The molecule has 0 spiro atoms. The summed E-state index contributed by atoms with van der Waals surface area (Å²) in [6.45, 7) is -0.342. The van der Waals surface area contributed by atoms with Crippen LogP contribution in [0.2, 0.25) is 0 Å². The Morgan fingerprint density at radius 2 is 2.22 bits per heavy atom. The topological polar surface area (TPSA) is 107 Å². The zero-order valence-electron chi connectivity index (χ0n) is 9.14. The molecule has 0 bridgehead atoms. The first-order valence-corrected chi connectivity index (χ1v) is 8.98. The number of thioether (sulfide) groups is 1. The van der Waals surface area contributed by atoms with Gasteiger partial charge in [-0.15, -0.1) is 0 Å². The molecule has 0 N–H and O–H groups in total. The monoisotopic (exact) mass is 317 g/mol. The second-order valence-corrected chi connectivity index (χ2v) is 7.99. The molecule has 0 aromatic heterocycles. The number of carbonyl (C=O) groups excluding carboxylic acids is 1. The highest BCUT2D eigenvalue weighted by atomic mass is 32.2. The molecule has 0 aliphatic carbocycles. The fraction of sp³-hybridized carbons (Fsp3) is 0.857. The molecule has 2 heterocycles. The molecule has 0 aromatic carbocycles. The van der Waals surface area contributed by atoms with Crippen LogP contribution in [0.4, 0.5) is 4.79 Å². The number of nitrogens with zero attached hydrogens (tertiary/aromatic N) is 1. The van der Waals surface area contributed by atoms with Gasteiger partial charge in [-0.1, -0.05) is 11.8 Å². The summed E-state index contributed by atoms with van der Waals surface area (Å²) < 4.78 is 55.1. The van der Waals surface area contributed by atoms with Crippen molar-refractivity contribution in [3.8, 4) is 0 Å². The summed E-state index contributed by atoms with van der Waals surface area (Å²) in [5, 5.41) is -0.588. The third kappa shape index (κ3) is 3.15. The molecule has 2 fully saturated rings. The summed E-state index contributed by atoms with van der Waals surface area (Å²) in [4.78, 5) is 11.2. The number of hydrogen-bond donors (Lipinski definition) is 0. The fourth-order valence-corrected chi connectivity index (χ4v) is 4.89. The average molecular weight is 317 g/mol. The van der Waals surface area contributed by atoms with Gasteiger partial charge in [0.2, 0.25) is 0 Å². The van der Waals surface area contributed by atoms with E-state index in [1.54, 1.807) is 0 Å². The maximum atomic E-state index is 11.6. The molecule has 2 aliphatic rings. The molecule has 8 nitrogen and oxygen atoms in total. The minimum atomic E-state index is -4.15. The molecule has 2 rings (SSSR count). The van der Waals surface area contributed by atoms with Gasteiger partial charge in [-0.05, 0) is 6.42 Å². The van der Waals surface area contributed by atoms with Crippen molar-refractivity contribution in [2.24, 2.45) is 0 Å². The minimum absolute atomic E-state index is 0.0651. The van der Waals surface area contributed by atoms with E-state index < -0.39 is 38.4 Å². The average Bonchev–Trinajstić information content (AvgIpc) is 2.82. The van der Waals surface area contributed by atoms with Crippen LogP contribution in [0.5, 0.6) is 0 Å². The van der Waals surface area contributed by atoms with Gasteiger partial charge in [-0.25, -0.2) is 4.31 Å². The van der Waals surface area contributed by atoms with Gasteiger partial charge in [-0.2, -0.15) is 16.8 Å². The maximum absolute atomic E-state index is 11.6. The smallest absolute Gasteiger partial charge is 0.264 e. The first-order chi connectivity index (χ1) is 8.30. The van der Waals surface area contributed by atoms with Gasteiger partial charge in [0.25, 0.3) is 15.4 Å². The van der Waals surface area contributed by atoms with Crippen LogP contribution >= 0.6 is 11.8 Å². The highest BCUT2D eigenvalue weighted by Crippen LogP contribution is 2.23. The Bertz CT molecular complexity index is 539. The Hall–Kier alpha value is -0.360. The summed E-state index contributed by atoms with van der Waals surface area (Å²) in [6, 6.07) is 0. The van der Waals surface area contributed by atoms with Crippen molar-refractivity contribution in [1.82, 2.24) is 4.31 Å². The molecule has 0 saturated carbocycles. The van der Waals surface area contributed by atoms with Gasteiger partial charge in [0.1, 0.15) is 6.10 Å². The largest absolute Gasteiger partial charge is 0.365 e. The van der Waals surface area contributed by atoms with Crippen molar-refractivity contribution in [1.29, 1.82) is 0 Å². The second kappa shape index (κ2) is 4.96. The van der Waals surface area contributed by atoms with Gasteiger partial charge >= 0.3 is 10.3 Å². The molecular weight excluding hydrogens is 306 g/mol. The predicted octanol–water partition coefficient (Wildman–Crippen LogP) is -0.465. The van der Waals surface area contributed by atoms with Crippen LogP contribution in [0.1, 0.15) is 6.42 Å². The van der Waals surface area contributed by atoms with Gasteiger partial charge in [0, 0.05) is 12.3 Å². The van der Waals surface area contributed by atoms with Crippen LogP contribution in [0, 0.1) is 0 Å². The number of rotatable bonds is 4. The fourth-order valence-electron chi connectivity index (χ4n) is 1.50. The highest BCUT2D eigenvalue weighted by Gasteiger charge is 2.35. The molecular formula is C7H11NO7S3. The standard InChI is InChI=1S/C7H11NO7S3/c9-7-8(2-3-16-7)18(12,13)14-5-6-1-4-17(10,11)15-6/h6H,1-5H2. The van der Waals surface area contributed by atoms with E-state index in [4.69, 9.17) is 0 Å². The third-order valence-corrected chi connectivity index (χ3v) is 5.96. The molecule has 104 valence electrons. The first-order valence-electron chi connectivity index (χ1n) is 5.05. The number of hydrogen-bond acceptors (Lipinski definition) is 8. The zero-order chi connectivity index (χ0) is 13.4. The Morgan fingerprint density at radius 1 is 1.50 bits per heavy atom. The second-order valence-electron chi connectivity index (χ2n) is 3.70. The summed E-state index contributed by atoms with van der Waals surface area (Å²) in [7, 11) is -7.70. The summed E-state index contributed by atoms with van der Waals surface area (Å²) >= 11 is 0.891. The highest BCUT2D eigenvalue weighted by molar-refractivity contribution is 8.14. The Kier molecular flexibility index (Phi) is 3.88. The van der Waals surface area contributed by atoms with E-state index in [2.05, 4.69) is 8.37 Å². The van der Waals surface area contributed by atoms with E-state index in [0.717, 1.165) is 11.8 Å². The van der Waals surface area contributed by atoms with Crippen LogP contribution in [0.25, 0.3) is 0 Å². The van der Waals surface area contributed by atoms with E-state index in [1.165, 1.54) is 0 Å². The first kappa shape index (κ1) is 14.1. The number of amides is 1. The molecule has 18 heavy (non-hydrogen) atoms. The molecule has 1 unspecified atom stereocenters. The van der Waals surface area contributed by atoms with Crippen LogP contribution in [0.15, 0.2) is 0 Å². The SMILES string of the molecule is O=C1SCCN1S(=O)(=O)OCC1CCS(=O)(=O)O1. The lowest BCUT2D eigenvalue weighted by Gasteiger charge is -2.15. The van der Waals surface area contributed by atoms with Crippen LogP contribution < -0.4 is 0 Å². The minimum Gasteiger partial charge on any atom is -0.264 e. The molecule has 0 radical (unpaired) electrons. The molecule has 2 aliphatic heterocycles. The van der Waals surface area contributed by atoms with Gasteiger partial charge in [0.15, 0.2) is 0 Å². The van der Waals surface area contributed by atoms with Crippen LogP contribution in [-0.2, 0) is 28.8 Å².